The molecule has 2 fully saturated rings. The van der Waals surface area contributed by atoms with Crippen LogP contribution in [-0.2, 0) is 12.0 Å². The molecule has 0 radical (unpaired) electrons. The molecule has 3 aliphatic rings. The average molecular weight is 549 g/mol. The van der Waals surface area contributed by atoms with E-state index < -0.39 is 0 Å². The number of nitrogens with zero attached hydrogens (tertiary/aromatic N) is 5. The fourth-order valence-corrected chi connectivity index (χ4v) is 6.90. The Morgan fingerprint density at radius 3 is 2.77 bits per heavy atom. The summed E-state index contributed by atoms with van der Waals surface area (Å²) in [4.78, 5) is 19.3. The van der Waals surface area contributed by atoms with Crippen molar-refractivity contribution in [3.63, 3.8) is 0 Å². The number of nitrogens with one attached hydrogen (secondary N) is 1. The van der Waals surface area contributed by atoms with E-state index in [2.05, 4.69) is 43.3 Å². The maximum absolute atomic E-state index is 6.66. The quantitative estimate of drug-likeness (QED) is 0.455. The molecule has 6 heterocycles. The Bertz CT molecular complexity index is 1310. The minimum Gasteiger partial charge on any atom is -0.495 e. The third-order valence-corrected chi connectivity index (χ3v) is 8.84. The molecule has 9 heteroatoms. The molecule has 0 aromatic carbocycles. The van der Waals surface area contributed by atoms with Crippen LogP contribution in [0.3, 0.4) is 0 Å². The van der Waals surface area contributed by atoms with Gasteiger partial charge in [0.2, 0.25) is 5.88 Å². The van der Waals surface area contributed by atoms with Gasteiger partial charge in [-0.15, -0.1) is 0 Å². The van der Waals surface area contributed by atoms with Crippen molar-refractivity contribution in [2.24, 2.45) is 0 Å². The summed E-state index contributed by atoms with van der Waals surface area (Å²) in [6, 6.07) is 10.8. The molecule has 1 unspecified atom stereocenters. The van der Waals surface area contributed by atoms with Gasteiger partial charge in [0.1, 0.15) is 10.8 Å². The molecule has 0 saturated carbocycles. The van der Waals surface area contributed by atoms with Gasteiger partial charge in [0.15, 0.2) is 5.82 Å². The van der Waals surface area contributed by atoms with Crippen molar-refractivity contribution in [3.8, 4) is 22.9 Å². The highest BCUT2D eigenvalue weighted by Gasteiger charge is 2.43. The lowest BCUT2D eigenvalue weighted by atomic mass is 9.69. The molecule has 0 amide bonds. The molecule has 1 spiro atoms. The van der Waals surface area contributed by atoms with Crippen LogP contribution in [0.4, 0.5) is 5.82 Å². The van der Waals surface area contributed by atoms with Gasteiger partial charge >= 0.3 is 0 Å². The number of hydrogen-bond donors (Lipinski definition) is 1. The van der Waals surface area contributed by atoms with Crippen molar-refractivity contribution in [2.45, 2.75) is 50.6 Å². The summed E-state index contributed by atoms with van der Waals surface area (Å²) in [5, 5.41) is 4.28. The monoisotopic (exact) mass is 548 g/mol. The van der Waals surface area contributed by atoms with E-state index in [0.717, 1.165) is 69.2 Å². The number of methoxy groups -OCH3 is 1. The van der Waals surface area contributed by atoms with Crippen molar-refractivity contribution in [3.05, 3.63) is 59.0 Å². The maximum Gasteiger partial charge on any atom is 0.222 e. The third kappa shape index (κ3) is 5.17. The first-order chi connectivity index (χ1) is 19.1. The summed E-state index contributed by atoms with van der Waals surface area (Å²) in [6.45, 7) is 8.40. The Hall–Kier alpha value is -2.94. The van der Waals surface area contributed by atoms with Gasteiger partial charge in [-0.05, 0) is 62.9 Å². The maximum atomic E-state index is 6.66. The largest absolute Gasteiger partial charge is 0.495 e. The number of ether oxygens (including phenoxy) is 2. The van der Waals surface area contributed by atoms with Crippen LogP contribution in [0.5, 0.6) is 11.6 Å². The smallest absolute Gasteiger partial charge is 0.222 e. The van der Waals surface area contributed by atoms with Crippen molar-refractivity contribution in [1.82, 2.24) is 25.2 Å². The lowest BCUT2D eigenvalue weighted by Gasteiger charge is -2.49. The van der Waals surface area contributed by atoms with E-state index in [1.807, 2.05) is 19.1 Å². The van der Waals surface area contributed by atoms with E-state index in [4.69, 9.17) is 26.1 Å². The summed E-state index contributed by atoms with van der Waals surface area (Å²) in [5.41, 5.74) is 4.46. The van der Waals surface area contributed by atoms with E-state index in [0.29, 0.717) is 29.3 Å². The summed E-state index contributed by atoms with van der Waals surface area (Å²) < 4.78 is 11.3. The Morgan fingerprint density at radius 2 is 2.00 bits per heavy atom. The number of piperidine rings is 1. The van der Waals surface area contributed by atoms with E-state index in [-0.39, 0.29) is 5.41 Å². The van der Waals surface area contributed by atoms with Gasteiger partial charge in [0, 0.05) is 62.6 Å². The standard InChI is InChI=1S/C30H37ClN6O2/c1-3-39-29-22(7-5-14-34-29)24-9-8-23-25(35-24)19-36(18-21-6-4-13-32-21)20-30(23)11-16-37(17-12-30)28-27(31)26(38-2)10-15-33-28/h5,7-10,14-15,21,32H,3-4,6,11-13,16-20H2,1-2H3. The van der Waals surface area contributed by atoms with Crippen LogP contribution in [-0.4, -0.2) is 72.3 Å². The van der Waals surface area contributed by atoms with Crippen molar-refractivity contribution in [2.75, 3.05) is 51.3 Å². The second-order valence-corrected chi connectivity index (χ2v) is 11.2. The van der Waals surface area contributed by atoms with E-state index >= 15 is 0 Å². The molecule has 0 aliphatic carbocycles. The number of fused-ring (bicyclic) bond motifs is 2. The Morgan fingerprint density at radius 1 is 1.13 bits per heavy atom. The Balaban J connectivity index is 1.32. The SMILES string of the molecule is CCOc1ncccc1-c1ccc2c(n1)CN(CC1CCCN1)CC21CCN(c2nccc(OC)c2Cl)CC1. The molecule has 3 aromatic heterocycles. The minimum atomic E-state index is 0.0389. The van der Waals surface area contributed by atoms with Crippen LogP contribution < -0.4 is 19.7 Å². The van der Waals surface area contributed by atoms with Crippen LogP contribution in [0.15, 0.2) is 42.7 Å². The van der Waals surface area contributed by atoms with E-state index in [1.165, 1.54) is 24.1 Å². The molecule has 206 valence electrons. The Kier molecular flexibility index (Phi) is 7.60. The zero-order valence-electron chi connectivity index (χ0n) is 22.8. The highest BCUT2D eigenvalue weighted by molar-refractivity contribution is 6.34. The first kappa shape index (κ1) is 26.3. The number of aromatic nitrogens is 3. The van der Waals surface area contributed by atoms with Crippen molar-refractivity contribution >= 4 is 17.4 Å². The number of hydrogen-bond acceptors (Lipinski definition) is 8. The van der Waals surface area contributed by atoms with Gasteiger partial charge in [0.05, 0.1) is 30.7 Å². The minimum absolute atomic E-state index is 0.0389. The first-order valence-electron chi connectivity index (χ1n) is 14.1. The number of halogens is 1. The van der Waals surface area contributed by atoms with Gasteiger partial charge < -0.3 is 19.7 Å². The molecule has 39 heavy (non-hydrogen) atoms. The lowest BCUT2D eigenvalue weighted by Crippen LogP contribution is -2.54. The van der Waals surface area contributed by atoms with Gasteiger partial charge in [-0.25, -0.2) is 9.97 Å². The predicted molar refractivity (Wildman–Crippen MR) is 154 cm³/mol. The second kappa shape index (κ2) is 11.3. The fraction of sp³-hybridized carbons (Fsp3) is 0.500. The molecule has 6 rings (SSSR count). The second-order valence-electron chi connectivity index (χ2n) is 10.9. The van der Waals surface area contributed by atoms with Gasteiger partial charge in [-0.2, -0.15) is 0 Å². The summed E-state index contributed by atoms with van der Waals surface area (Å²) in [7, 11) is 1.65. The molecule has 1 atom stereocenters. The van der Waals surface area contributed by atoms with Crippen LogP contribution in [0.25, 0.3) is 11.3 Å². The topological polar surface area (TPSA) is 75.6 Å². The summed E-state index contributed by atoms with van der Waals surface area (Å²) in [6.07, 6.45) is 8.08. The first-order valence-corrected chi connectivity index (χ1v) is 14.5. The molecule has 3 aliphatic heterocycles. The Labute approximate surface area is 235 Å². The molecule has 3 aromatic rings. The number of pyridine rings is 3. The molecule has 0 bridgehead atoms. The lowest BCUT2D eigenvalue weighted by molar-refractivity contribution is 0.139. The van der Waals surface area contributed by atoms with Crippen molar-refractivity contribution in [1.29, 1.82) is 0 Å². The van der Waals surface area contributed by atoms with Crippen LogP contribution in [0.2, 0.25) is 5.02 Å². The fourth-order valence-electron chi connectivity index (χ4n) is 6.59. The molecule has 1 N–H and O–H groups in total. The van der Waals surface area contributed by atoms with E-state index in [9.17, 15) is 0 Å². The van der Waals surface area contributed by atoms with Crippen LogP contribution in [0, 0.1) is 0 Å². The molecular formula is C30H37ClN6O2. The van der Waals surface area contributed by atoms with E-state index in [1.54, 1.807) is 19.5 Å². The van der Waals surface area contributed by atoms with Gasteiger partial charge in [-0.1, -0.05) is 17.7 Å². The van der Waals surface area contributed by atoms with Crippen LogP contribution >= 0.6 is 11.6 Å². The zero-order valence-corrected chi connectivity index (χ0v) is 23.6. The number of anilines is 1. The molecular weight excluding hydrogens is 512 g/mol. The highest BCUT2D eigenvalue weighted by atomic mass is 35.5. The third-order valence-electron chi connectivity index (χ3n) is 8.49. The average Bonchev–Trinajstić information content (AvgIpc) is 3.47. The van der Waals surface area contributed by atoms with Crippen molar-refractivity contribution < 1.29 is 9.47 Å². The summed E-state index contributed by atoms with van der Waals surface area (Å²) >= 11 is 6.66. The predicted octanol–water partition coefficient (Wildman–Crippen LogP) is 4.71. The molecule has 8 nitrogen and oxygen atoms in total. The van der Waals surface area contributed by atoms with Gasteiger partial charge in [0.25, 0.3) is 0 Å². The number of rotatable bonds is 7. The van der Waals surface area contributed by atoms with Crippen LogP contribution in [0.1, 0.15) is 43.9 Å². The summed E-state index contributed by atoms with van der Waals surface area (Å²) in [5.74, 6) is 2.11. The zero-order chi connectivity index (χ0) is 26.8. The highest BCUT2D eigenvalue weighted by Crippen LogP contribution is 2.44. The molecule has 2 saturated heterocycles. The van der Waals surface area contributed by atoms with Gasteiger partial charge in [-0.3, -0.25) is 9.88 Å². The normalized spacial score (nSPS) is 20.7.